The third-order valence-electron chi connectivity index (χ3n) is 6.05. The van der Waals surface area contributed by atoms with Gasteiger partial charge in [-0.3, -0.25) is 0 Å². The standard InChI is InChI=1S/C22H36N6O3/c1-22(2,3)31-21(29)28-15-13-26(14-16-28)19-17(30-4)18(25-9-5-6-10-25)23-20(24-19)27-11-7-8-12-27/h5-16H2,1-4H3. The fourth-order valence-electron chi connectivity index (χ4n) is 4.44. The van der Waals surface area contributed by atoms with Crippen LogP contribution in [0.2, 0.25) is 0 Å². The summed E-state index contributed by atoms with van der Waals surface area (Å²) in [6.07, 6.45) is 4.46. The van der Waals surface area contributed by atoms with Crippen LogP contribution >= 0.6 is 0 Å². The number of carbonyl (C=O) groups excluding carboxylic acids is 1. The van der Waals surface area contributed by atoms with Crippen molar-refractivity contribution in [3.8, 4) is 5.75 Å². The summed E-state index contributed by atoms with van der Waals surface area (Å²) in [5, 5.41) is 0. The highest BCUT2D eigenvalue weighted by Gasteiger charge is 2.31. The van der Waals surface area contributed by atoms with Crippen molar-refractivity contribution < 1.29 is 14.3 Å². The molecule has 0 bridgehead atoms. The number of piperazine rings is 1. The SMILES string of the molecule is COc1c(N2CCCC2)nc(N2CCCC2)nc1N1CCN(C(=O)OC(C)(C)C)CC1. The lowest BCUT2D eigenvalue weighted by Gasteiger charge is -2.37. The highest BCUT2D eigenvalue weighted by atomic mass is 16.6. The third kappa shape index (κ3) is 4.91. The van der Waals surface area contributed by atoms with Crippen molar-refractivity contribution in [1.29, 1.82) is 0 Å². The van der Waals surface area contributed by atoms with Crippen LogP contribution < -0.4 is 19.4 Å². The summed E-state index contributed by atoms with van der Waals surface area (Å²) in [5.74, 6) is 3.28. The maximum atomic E-state index is 12.5. The van der Waals surface area contributed by atoms with Gasteiger partial charge in [-0.1, -0.05) is 0 Å². The van der Waals surface area contributed by atoms with Gasteiger partial charge in [-0.05, 0) is 46.5 Å². The number of carbonyl (C=O) groups is 1. The number of aromatic nitrogens is 2. The highest BCUT2D eigenvalue weighted by molar-refractivity contribution is 5.71. The van der Waals surface area contributed by atoms with E-state index in [0.29, 0.717) is 26.2 Å². The van der Waals surface area contributed by atoms with Crippen LogP contribution in [0.15, 0.2) is 0 Å². The minimum Gasteiger partial charge on any atom is -0.490 e. The highest BCUT2D eigenvalue weighted by Crippen LogP contribution is 2.39. The first-order chi connectivity index (χ1) is 14.9. The Hall–Kier alpha value is -2.45. The van der Waals surface area contributed by atoms with Crippen molar-refractivity contribution in [3.05, 3.63) is 0 Å². The van der Waals surface area contributed by atoms with Crippen molar-refractivity contribution in [3.63, 3.8) is 0 Å². The molecule has 3 aliphatic heterocycles. The molecule has 4 heterocycles. The van der Waals surface area contributed by atoms with Crippen molar-refractivity contribution in [2.24, 2.45) is 0 Å². The molecule has 0 atom stereocenters. The average molecular weight is 433 g/mol. The van der Waals surface area contributed by atoms with Crippen LogP contribution in [0.1, 0.15) is 46.5 Å². The minimum absolute atomic E-state index is 0.252. The predicted molar refractivity (Wildman–Crippen MR) is 121 cm³/mol. The first-order valence-electron chi connectivity index (χ1n) is 11.5. The first kappa shape index (κ1) is 21.8. The lowest BCUT2D eigenvalue weighted by molar-refractivity contribution is 0.0240. The predicted octanol–water partition coefficient (Wildman–Crippen LogP) is 2.74. The molecule has 0 aliphatic carbocycles. The molecule has 3 aliphatic rings. The average Bonchev–Trinajstić information content (AvgIpc) is 3.46. The van der Waals surface area contributed by atoms with Gasteiger partial charge < -0.3 is 29.1 Å². The Balaban J connectivity index is 1.57. The van der Waals surface area contributed by atoms with Gasteiger partial charge >= 0.3 is 6.09 Å². The maximum absolute atomic E-state index is 12.5. The molecule has 0 N–H and O–H groups in total. The molecule has 3 saturated heterocycles. The Morgan fingerprint density at radius 3 is 1.74 bits per heavy atom. The van der Waals surface area contributed by atoms with Crippen molar-refractivity contribution >= 4 is 23.7 Å². The van der Waals surface area contributed by atoms with Gasteiger partial charge in [0.05, 0.1) is 7.11 Å². The summed E-state index contributed by atoms with van der Waals surface area (Å²) in [5.41, 5.74) is -0.487. The molecule has 0 spiro atoms. The van der Waals surface area contributed by atoms with E-state index in [1.165, 1.54) is 25.7 Å². The van der Waals surface area contributed by atoms with E-state index in [-0.39, 0.29) is 6.09 Å². The quantitative estimate of drug-likeness (QED) is 0.719. The molecule has 3 fully saturated rings. The summed E-state index contributed by atoms with van der Waals surface area (Å²) in [6.45, 7) is 12.2. The summed E-state index contributed by atoms with van der Waals surface area (Å²) in [6, 6.07) is 0. The molecule has 0 saturated carbocycles. The molecule has 1 aromatic heterocycles. The van der Waals surface area contributed by atoms with Crippen molar-refractivity contribution in [1.82, 2.24) is 14.9 Å². The number of ether oxygens (including phenoxy) is 2. The number of methoxy groups -OCH3 is 1. The minimum atomic E-state index is -0.487. The van der Waals surface area contributed by atoms with E-state index in [1.807, 2.05) is 20.8 Å². The monoisotopic (exact) mass is 432 g/mol. The molecule has 9 heteroatoms. The zero-order valence-electron chi connectivity index (χ0n) is 19.4. The topological polar surface area (TPSA) is 74.3 Å². The van der Waals surface area contributed by atoms with E-state index in [0.717, 1.165) is 49.5 Å². The number of rotatable bonds is 4. The molecular formula is C22H36N6O3. The normalized spacial score (nSPS) is 19.9. The van der Waals surface area contributed by atoms with Gasteiger partial charge in [-0.15, -0.1) is 0 Å². The van der Waals surface area contributed by atoms with Crippen LogP contribution in [0.5, 0.6) is 5.75 Å². The Kier molecular flexibility index (Phi) is 6.29. The Morgan fingerprint density at radius 1 is 0.774 bits per heavy atom. The molecule has 31 heavy (non-hydrogen) atoms. The molecule has 0 aromatic carbocycles. The Labute approximate surface area is 185 Å². The number of anilines is 3. The summed E-state index contributed by atoms with van der Waals surface area (Å²) in [7, 11) is 1.70. The molecule has 1 amide bonds. The maximum Gasteiger partial charge on any atom is 0.410 e. The van der Waals surface area contributed by atoms with Crippen LogP contribution in [-0.4, -0.2) is 86.0 Å². The van der Waals surface area contributed by atoms with Gasteiger partial charge in [0.2, 0.25) is 11.7 Å². The molecule has 9 nitrogen and oxygen atoms in total. The number of hydrogen-bond acceptors (Lipinski definition) is 8. The summed E-state index contributed by atoms with van der Waals surface area (Å²) < 4.78 is 11.4. The molecule has 1 aromatic rings. The number of hydrogen-bond donors (Lipinski definition) is 0. The van der Waals surface area contributed by atoms with Crippen LogP contribution in [0.25, 0.3) is 0 Å². The van der Waals surface area contributed by atoms with E-state index < -0.39 is 5.60 Å². The van der Waals surface area contributed by atoms with Gasteiger partial charge in [0.1, 0.15) is 5.60 Å². The lowest BCUT2D eigenvalue weighted by Crippen LogP contribution is -2.50. The van der Waals surface area contributed by atoms with Gasteiger partial charge in [0, 0.05) is 52.4 Å². The number of amides is 1. The second kappa shape index (κ2) is 8.96. The Morgan fingerprint density at radius 2 is 1.26 bits per heavy atom. The van der Waals surface area contributed by atoms with Crippen LogP contribution in [0, 0.1) is 0 Å². The van der Waals surface area contributed by atoms with E-state index in [4.69, 9.17) is 19.4 Å². The second-order valence-electron chi connectivity index (χ2n) is 9.55. The molecule has 0 unspecified atom stereocenters. The van der Waals surface area contributed by atoms with Crippen LogP contribution in [0.4, 0.5) is 22.4 Å². The van der Waals surface area contributed by atoms with Gasteiger partial charge in [-0.2, -0.15) is 9.97 Å². The van der Waals surface area contributed by atoms with Gasteiger partial charge in [0.15, 0.2) is 11.6 Å². The lowest BCUT2D eigenvalue weighted by atomic mass is 10.2. The Bertz CT molecular complexity index is 776. The fourth-order valence-corrected chi connectivity index (χ4v) is 4.44. The zero-order valence-corrected chi connectivity index (χ0v) is 19.4. The fraction of sp³-hybridized carbons (Fsp3) is 0.773. The first-order valence-corrected chi connectivity index (χ1v) is 11.5. The van der Waals surface area contributed by atoms with Crippen LogP contribution in [0.3, 0.4) is 0 Å². The van der Waals surface area contributed by atoms with Gasteiger partial charge in [-0.25, -0.2) is 4.79 Å². The number of nitrogens with zero attached hydrogens (tertiary/aromatic N) is 6. The van der Waals surface area contributed by atoms with E-state index in [9.17, 15) is 4.79 Å². The smallest absolute Gasteiger partial charge is 0.410 e. The summed E-state index contributed by atoms with van der Waals surface area (Å²) in [4.78, 5) is 31.0. The molecule has 0 radical (unpaired) electrons. The van der Waals surface area contributed by atoms with E-state index in [1.54, 1.807) is 12.0 Å². The van der Waals surface area contributed by atoms with E-state index in [2.05, 4.69) is 14.7 Å². The zero-order chi connectivity index (χ0) is 22.0. The summed E-state index contributed by atoms with van der Waals surface area (Å²) >= 11 is 0. The van der Waals surface area contributed by atoms with Crippen molar-refractivity contribution in [2.75, 3.05) is 74.2 Å². The third-order valence-corrected chi connectivity index (χ3v) is 6.05. The molecule has 4 rings (SSSR count). The van der Waals surface area contributed by atoms with E-state index >= 15 is 0 Å². The van der Waals surface area contributed by atoms with Crippen LogP contribution in [-0.2, 0) is 4.74 Å². The second-order valence-corrected chi connectivity index (χ2v) is 9.55. The molecule has 172 valence electrons. The van der Waals surface area contributed by atoms with Crippen molar-refractivity contribution in [2.45, 2.75) is 52.1 Å². The van der Waals surface area contributed by atoms with Gasteiger partial charge in [0.25, 0.3) is 0 Å². The molecular weight excluding hydrogens is 396 g/mol. The largest absolute Gasteiger partial charge is 0.490 e.